The Morgan fingerprint density at radius 1 is 1.03 bits per heavy atom. The molecule has 2 aromatic carbocycles. The van der Waals surface area contributed by atoms with Crippen molar-refractivity contribution in [2.24, 2.45) is 0 Å². The molecule has 1 aliphatic heterocycles. The number of benzene rings is 2. The number of aryl methyl sites for hydroxylation is 2. The minimum atomic E-state index is -0.829. The van der Waals surface area contributed by atoms with Crippen molar-refractivity contribution >= 4 is 23.1 Å². The van der Waals surface area contributed by atoms with Crippen molar-refractivity contribution in [3.8, 4) is 16.2 Å². The molecule has 5 rings (SSSR count). The van der Waals surface area contributed by atoms with Gasteiger partial charge >= 0.3 is 5.97 Å². The second-order valence-electron chi connectivity index (χ2n) is 7.50. The van der Waals surface area contributed by atoms with Gasteiger partial charge in [-0.15, -0.1) is 11.3 Å². The summed E-state index contributed by atoms with van der Waals surface area (Å²) in [7, 11) is 0. The van der Waals surface area contributed by atoms with E-state index in [-0.39, 0.29) is 5.78 Å². The van der Waals surface area contributed by atoms with Gasteiger partial charge in [-0.1, -0.05) is 24.3 Å². The molecule has 1 aliphatic carbocycles. The topological polar surface area (TPSA) is 52.6 Å². The van der Waals surface area contributed by atoms with Gasteiger partial charge in [0.25, 0.3) is 0 Å². The third kappa shape index (κ3) is 3.25. The number of Topliss-reactive ketones (excluding diaryl/α,β-unsaturated/α-hetero) is 1. The van der Waals surface area contributed by atoms with Crippen LogP contribution in [-0.2, 0) is 24.2 Å². The summed E-state index contributed by atoms with van der Waals surface area (Å²) in [4.78, 5) is 27.0. The van der Waals surface area contributed by atoms with Gasteiger partial charge in [0.05, 0.1) is 0 Å². The van der Waals surface area contributed by atoms with Crippen LogP contribution in [0.1, 0.15) is 50.1 Å². The molecule has 2 aliphatic rings. The largest absolute Gasteiger partial charge is 0.488 e. The molecule has 3 aromatic rings. The number of ketones is 1. The molecule has 0 bridgehead atoms. The summed E-state index contributed by atoms with van der Waals surface area (Å²) in [6.07, 6.45) is 2.39. The summed E-state index contributed by atoms with van der Waals surface area (Å²) in [6.45, 7) is 2.07. The minimum Gasteiger partial charge on any atom is -0.488 e. The van der Waals surface area contributed by atoms with E-state index in [0.717, 1.165) is 41.0 Å². The molecule has 146 valence electrons. The van der Waals surface area contributed by atoms with Crippen LogP contribution in [0.3, 0.4) is 0 Å². The van der Waals surface area contributed by atoms with E-state index >= 15 is 0 Å². The van der Waals surface area contributed by atoms with E-state index in [1.165, 1.54) is 22.5 Å². The summed E-state index contributed by atoms with van der Waals surface area (Å²) in [5.41, 5.74) is 5.12. The summed E-state index contributed by atoms with van der Waals surface area (Å²) < 4.78 is 11.3. The van der Waals surface area contributed by atoms with E-state index in [9.17, 15) is 9.59 Å². The number of hydrogen-bond acceptors (Lipinski definition) is 5. The van der Waals surface area contributed by atoms with E-state index in [0.29, 0.717) is 17.0 Å². The molecule has 29 heavy (non-hydrogen) atoms. The predicted molar refractivity (Wildman–Crippen MR) is 112 cm³/mol. The molecular formula is C24H20O4S. The van der Waals surface area contributed by atoms with Crippen molar-refractivity contribution in [1.82, 2.24) is 0 Å². The highest BCUT2D eigenvalue weighted by atomic mass is 32.1. The van der Waals surface area contributed by atoms with Gasteiger partial charge in [0.15, 0.2) is 6.10 Å². The lowest BCUT2D eigenvalue weighted by atomic mass is 10.0. The Morgan fingerprint density at radius 2 is 1.86 bits per heavy atom. The van der Waals surface area contributed by atoms with Crippen LogP contribution in [0.4, 0.5) is 0 Å². The first-order valence-electron chi connectivity index (χ1n) is 9.82. The average molecular weight is 404 g/mol. The van der Waals surface area contributed by atoms with Crippen LogP contribution in [-0.4, -0.2) is 17.9 Å². The van der Waals surface area contributed by atoms with E-state index in [2.05, 4.69) is 0 Å². The quantitative estimate of drug-likeness (QED) is 0.442. The van der Waals surface area contributed by atoms with Crippen molar-refractivity contribution in [3.05, 3.63) is 75.7 Å². The van der Waals surface area contributed by atoms with Crippen LogP contribution in [0.5, 0.6) is 5.75 Å². The SMILES string of the molecule is C[C@@H](OC(=O)c1cc2c(s1)-c1ccccc1OC2)C(=O)c1ccc2c(c1)CCC2. The Balaban J connectivity index is 1.33. The lowest BCUT2D eigenvalue weighted by Gasteiger charge is -2.16. The molecule has 0 amide bonds. The Bertz CT molecular complexity index is 1130. The Morgan fingerprint density at radius 3 is 2.76 bits per heavy atom. The third-order valence-corrected chi connectivity index (χ3v) is 6.75. The normalized spacial score (nSPS) is 14.9. The van der Waals surface area contributed by atoms with Gasteiger partial charge in [-0.3, -0.25) is 4.79 Å². The molecule has 1 aromatic heterocycles. The second-order valence-corrected chi connectivity index (χ2v) is 8.55. The fourth-order valence-corrected chi connectivity index (χ4v) is 5.11. The molecule has 4 nitrogen and oxygen atoms in total. The van der Waals surface area contributed by atoms with E-state index in [1.54, 1.807) is 6.92 Å². The Kier molecular flexibility index (Phi) is 4.47. The first-order chi connectivity index (χ1) is 14.1. The van der Waals surface area contributed by atoms with Gasteiger partial charge in [-0.2, -0.15) is 0 Å². The monoisotopic (exact) mass is 404 g/mol. The number of para-hydroxylation sites is 1. The maximum atomic E-state index is 12.8. The maximum absolute atomic E-state index is 12.8. The highest BCUT2D eigenvalue weighted by Crippen LogP contribution is 2.42. The van der Waals surface area contributed by atoms with E-state index in [4.69, 9.17) is 9.47 Å². The van der Waals surface area contributed by atoms with Crippen molar-refractivity contribution in [2.45, 2.75) is 38.9 Å². The molecule has 1 atom stereocenters. The number of rotatable bonds is 4. The van der Waals surface area contributed by atoms with Crippen LogP contribution in [0.25, 0.3) is 10.4 Å². The van der Waals surface area contributed by atoms with Gasteiger partial charge in [-0.05, 0) is 61.6 Å². The number of thiophene rings is 1. The third-order valence-electron chi connectivity index (χ3n) is 5.56. The first-order valence-corrected chi connectivity index (χ1v) is 10.6. The van der Waals surface area contributed by atoms with Crippen molar-refractivity contribution < 1.29 is 19.1 Å². The van der Waals surface area contributed by atoms with Gasteiger partial charge in [0.2, 0.25) is 5.78 Å². The molecule has 0 radical (unpaired) electrons. The fraction of sp³-hybridized carbons (Fsp3) is 0.250. The molecular weight excluding hydrogens is 384 g/mol. The minimum absolute atomic E-state index is 0.164. The van der Waals surface area contributed by atoms with Crippen LogP contribution in [0.2, 0.25) is 0 Å². The first kappa shape index (κ1) is 18.1. The standard InChI is InChI=1S/C24H20O4S/c1-14(22(25)17-10-9-15-5-4-6-16(15)11-17)28-24(26)21-12-18-13-27-20-8-3-2-7-19(20)23(18)29-21/h2-3,7-12,14H,4-6,13H2,1H3/t14-/m1/s1. The van der Waals surface area contributed by atoms with Gasteiger partial charge in [0.1, 0.15) is 17.2 Å². The van der Waals surface area contributed by atoms with Crippen LogP contribution < -0.4 is 4.74 Å². The van der Waals surface area contributed by atoms with Crippen LogP contribution in [0.15, 0.2) is 48.5 Å². The summed E-state index contributed by atoms with van der Waals surface area (Å²) >= 11 is 1.39. The summed E-state index contributed by atoms with van der Waals surface area (Å²) in [6, 6.07) is 15.4. The zero-order valence-electron chi connectivity index (χ0n) is 16.1. The number of carbonyl (C=O) groups excluding carboxylic acids is 2. The molecule has 0 saturated carbocycles. The van der Waals surface area contributed by atoms with Crippen molar-refractivity contribution in [3.63, 3.8) is 0 Å². The molecule has 0 fully saturated rings. The lowest BCUT2D eigenvalue weighted by Crippen LogP contribution is -2.24. The summed E-state index contributed by atoms with van der Waals surface area (Å²) in [5, 5.41) is 0. The highest BCUT2D eigenvalue weighted by Gasteiger charge is 2.26. The average Bonchev–Trinajstić information content (AvgIpc) is 3.39. The van der Waals surface area contributed by atoms with Crippen LogP contribution in [0, 0.1) is 0 Å². The predicted octanol–water partition coefficient (Wildman–Crippen LogP) is 5.22. The summed E-state index contributed by atoms with van der Waals surface area (Å²) in [5.74, 6) is 0.189. The highest BCUT2D eigenvalue weighted by molar-refractivity contribution is 7.17. The number of esters is 1. The number of ether oxygens (including phenoxy) is 2. The van der Waals surface area contributed by atoms with Gasteiger partial charge in [-0.25, -0.2) is 4.79 Å². The van der Waals surface area contributed by atoms with Crippen molar-refractivity contribution in [2.75, 3.05) is 0 Å². The molecule has 2 heterocycles. The molecule has 0 unspecified atom stereocenters. The zero-order chi connectivity index (χ0) is 20.0. The molecule has 0 N–H and O–H groups in total. The second kappa shape index (κ2) is 7.16. The van der Waals surface area contributed by atoms with E-state index in [1.807, 2.05) is 48.5 Å². The molecule has 0 spiro atoms. The number of hydrogen-bond donors (Lipinski definition) is 0. The Hall–Kier alpha value is -2.92. The maximum Gasteiger partial charge on any atom is 0.349 e. The molecule has 0 saturated heterocycles. The van der Waals surface area contributed by atoms with Gasteiger partial charge < -0.3 is 9.47 Å². The fourth-order valence-electron chi connectivity index (χ4n) is 4.03. The van der Waals surface area contributed by atoms with Gasteiger partial charge in [0, 0.05) is 21.6 Å². The van der Waals surface area contributed by atoms with Crippen LogP contribution >= 0.6 is 11.3 Å². The zero-order valence-corrected chi connectivity index (χ0v) is 16.9. The smallest absolute Gasteiger partial charge is 0.349 e. The number of carbonyl (C=O) groups is 2. The lowest BCUT2D eigenvalue weighted by molar-refractivity contribution is 0.0323. The van der Waals surface area contributed by atoms with Crippen molar-refractivity contribution in [1.29, 1.82) is 0 Å². The Labute approximate surface area is 173 Å². The molecule has 5 heteroatoms. The number of fused-ring (bicyclic) bond motifs is 4. The van der Waals surface area contributed by atoms with E-state index < -0.39 is 12.1 Å².